The summed E-state index contributed by atoms with van der Waals surface area (Å²) >= 11 is 6.05. The summed E-state index contributed by atoms with van der Waals surface area (Å²) in [6.07, 6.45) is 4.14. The van der Waals surface area contributed by atoms with Crippen LogP contribution < -0.4 is 4.74 Å². The average molecular weight is 325 g/mol. The first-order chi connectivity index (χ1) is 10.5. The molecule has 1 aliphatic rings. The van der Waals surface area contributed by atoms with Gasteiger partial charge in [-0.2, -0.15) is 0 Å². The maximum absolute atomic E-state index is 12.5. The van der Waals surface area contributed by atoms with Crippen molar-refractivity contribution in [3.63, 3.8) is 0 Å². The number of piperidine rings is 1. The predicted octanol–water partition coefficient (Wildman–Crippen LogP) is 3.18. The van der Waals surface area contributed by atoms with Gasteiger partial charge < -0.3 is 14.5 Å². The molecular formula is C17H25ClN2O2. The molecule has 22 heavy (non-hydrogen) atoms. The van der Waals surface area contributed by atoms with E-state index in [1.54, 1.807) is 18.1 Å². The van der Waals surface area contributed by atoms with Crippen molar-refractivity contribution in [1.82, 2.24) is 9.80 Å². The number of ether oxygens (including phenoxy) is 1. The van der Waals surface area contributed by atoms with Crippen LogP contribution in [0.2, 0.25) is 5.02 Å². The normalized spacial score (nSPS) is 19.0. The lowest BCUT2D eigenvalue weighted by atomic mass is 9.99. The fourth-order valence-electron chi connectivity index (χ4n) is 2.97. The standard InChI is InChI=1S/C17H25ClN2O2/c1-19-9-5-4-6-15(19)11-17(21)20(2)12-13-10-14(18)7-8-16(13)22-3/h7-8,10,15H,4-6,9,11-12H2,1-3H3. The number of benzene rings is 1. The summed E-state index contributed by atoms with van der Waals surface area (Å²) in [7, 11) is 5.58. The van der Waals surface area contributed by atoms with Crippen LogP contribution in [0.4, 0.5) is 0 Å². The first kappa shape index (κ1) is 17.1. The highest BCUT2D eigenvalue weighted by Gasteiger charge is 2.23. The second-order valence-electron chi connectivity index (χ2n) is 6.04. The van der Waals surface area contributed by atoms with Gasteiger partial charge in [-0.1, -0.05) is 18.0 Å². The quantitative estimate of drug-likeness (QED) is 0.834. The maximum Gasteiger partial charge on any atom is 0.224 e. The van der Waals surface area contributed by atoms with Gasteiger partial charge in [0.05, 0.1) is 7.11 Å². The van der Waals surface area contributed by atoms with E-state index < -0.39 is 0 Å². The van der Waals surface area contributed by atoms with Gasteiger partial charge in [0.1, 0.15) is 5.75 Å². The highest BCUT2D eigenvalue weighted by molar-refractivity contribution is 6.30. The van der Waals surface area contributed by atoms with Crippen LogP contribution in [0.25, 0.3) is 0 Å². The Kier molecular flexibility index (Phi) is 6.09. The third-order valence-electron chi connectivity index (χ3n) is 4.41. The molecule has 0 aliphatic carbocycles. The third-order valence-corrected chi connectivity index (χ3v) is 4.64. The molecule has 0 spiro atoms. The van der Waals surface area contributed by atoms with Crippen molar-refractivity contribution >= 4 is 17.5 Å². The van der Waals surface area contributed by atoms with E-state index in [9.17, 15) is 4.79 Å². The molecule has 5 heteroatoms. The van der Waals surface area contributed by atoms with Crippen LogP contribution in [-0.4, -0.2) is 49.5 Å². The Hall–Kier alpha value is -1.26. The topological polar surface area (TPSA) is 32.8 Å². The summed E-state index contributed by atoms with van der Waals surface area (Å²) in [5, 5.41) is 0.656. The second kappa shape index (κ2) is 7.84. The summed E-state index contributed by atoms with van der Waals surface area (Å²) in [6.45, 7) is 1.60. The van der Waals surface area contributed by atoms with Crippen LogP contribution >= 0.6 is 11.6 Å². The maximum atomic E-state index is 12.5. The Labute approximate surface area is 138 Å². The molecule has 122 valence electrons. The smallest absolute Gasteiger partial charge is 0.224 e. The van der Waals surface area contributed by atoms with Gasteiger partial charge in [-0.25, -0.2) is 0 Å². The number of carbonyl (C=O) groups is 1. The highest BCUT2D eigenvalue weighted by Crippen LogP contribution is 2.24. The predicted molar refractivity (Wildman–Crippen MR) is 89.4 cm³/mol. The van der Waals surface area contributed by atoms with Crippen LogP contribution in [0.5, 0.6) is 5.75 Å². The first-order valence-electron chi connectivity index (χ1n) is 7.78. The highest BCUT2D eigenvalue weighted by atomic mass is 35.5. The summed E-state index contributed by atoms with van der Waals surface area (Å²) < 4.78 is 5.34. The number of nitrogens with zero attached hydrogens (tertiary/aromatic N) is 2. The van der Waals surface area contributed by atoms with Crippen LogP contribution in [0.1, 0.15) is 31.2 Å². The molecule has 1 aromatic carbocycles. The third kappa shape index (κ3) is 4.37. The fraction of sp³-hybridized carbons (Fsp3) is 0.588. The van der Waals surface area contributed by atoms with Crippen LogP contribution in [-0.2, 0) is 11.3 Å². The van der Waals surface area contributed by atoms with Crippen LogP contribution in [0.3, 0.4) is 0 Å². The fourth-order valence-corrected chi connectivity index (χ4v) is 3.17. The van der Waals surface area contributed by atoms with Gasteiger partial charge in [0.25, 0.3) is 0 Å². The van der Waals surface area contributed by atoms with Gasteiger partial charge in [-0.05, 0) is 44.6 Å². The summed E-state index contributed by atoms with van der Waals surface area (Å²) in [5.74, 6) is 0.930. The van der Waals surface area contributed by atoms with Crippen molar-refractivity contribution in [2.75, 3.05) is 27.7 Å². The Morgan fingerprint density at radius 2 is 2.23 bits per heavy atom. The van der Waals surface area contributed by atoms with Crippen molar-refractivity contribution < 1.29 is 9.53 Å². The number of hydrogen-bond donors (Lipinski definition) is 0. The zero-order valence-electron chi connectivity index (χ0n) is 13.6. The van der Waals surface area contributed by atoms with E-state index in [2.05, 4.69) is 11.9 Å². The van der Waals surface area contributed by atoms with E-state index in [0.717, 1.165) is 24.3 Å². The van der Waals surface area contributed by atoms with Gasteiger partial charge >= 0.3 is 0 Å². The van der Waals surface area contributed by atoms with Gasteiger partial charge in [0.15, 0.2) is 0 Å². The van der Waals surface area contributed by atoms with E-state index >= 15 is 0 Å². The van der Waals surface area contributed by atoms with Gasteiger partial charge in [0.2, 0.25) is 5.91 Å². The summed E-state index contributed by atoms with van der Waals surface area (Å²) in [5.41, 5.74) is 0.933. The van der Waals surface area contributed by atoms with Crippen molar-refractivity contribution in [2.45, 2.75) is 38.3 Å². The Bertz CT molecular complexity index is 521. The molecular weight excluding hydrogens is 300 g/mol. The molecule has 1 unspecified atom stereocenters. The van der Waals surface area contributed by atoms with Gasteiger partial charge in [-0.3, -0.25) is 4.79 Å². The Morgan fingerprint density at radius 3 is 2.91 bits per heavy atom. The zero-order valence-corrected chi connectivity index (χ0v) is 14.4. The molecule has 1 heterocycles. The summed E-state index contributed by atoms with van der Waals surface area (Å²) in [6, 6.07) is 5.86. The Morgan fingerprint density at radius 1 is 1.45 bits per heavy atom. The molecule has 4 nitrogen and oxygen atoms in total. The number of amides is 1. The zero-order chi connectivity index (χ0) is 16.1. The van der Waals surface area contributed by atoms with Crippen molar-refractivity contribution in [3.8, 4) is 5.75 Å². The van der Waals surface area contributed by atoms with Crippen molar-refractivity contribution in [1.29, 1.82) is 0 Å². The molecule has 2 rings (SSSR count). The number of methoxy groups -OCH3 is 1. The minimum atomic E-state index is 0.167. The SMILES string of the molecule is COc1ccc(Cl)cc1CN(C)C(=O)CC1CCCCN1C. The first-order valence-corrected chi connectivity index (χ1v) is 8.15. The van der Waals surface area contributed by atoms with Gasteiger partial charge in [0, 0.05) is 36.6 Å². The molecule has 1 aromatic rings. The monoisotopic (exact) mass is 324 g/mol. The minimum absolute atomic E-state index is 0.167. The number of rotatable bonds is 5. The molecule has 0 N–H and O–H groups in total. The molecule has 0 aromatic heterocycles. The Balaban J connectivity index is 1.97. The van der Waals surface area contributed by atoms with E-state index in [0.29, 0.717) is 24.0 Å². The molecule has 1 saturated heterocycles. The molecule has 0 bridgehead atoms. The van der Waals surface area contributed by atoms with Crippen molar-refractivity contribution in [3.05, 3.63) is 28.8 Å². The minimum Gasteiger partial charge on any atom is -0.496 e. The molecule has 1 atom stereocenters. The van der Waals surface area contributed by atoms with Crippen LogP contribution in [0.15, 0.2) is 18.2 Å². The molecule has 1 amide bonds. The molecule has 1 aliphatic heterocycles. The number of hydrogen-bond acceptors (Lipinski definition) is 3. The van der Waals surface area contributed by atoms with Crippen LogP contribution in [0, 0.1) is 0 Å². The lowest BCUT2D eigenvalue weighted by Crippen LogP contribution is -2.40. The number of likely N-dealkylation sites (tertiary alicyclic amines) is 1. The van der Waals surface area contributed by atoms with E-state index in [1.165, 1.54) is 12.8 Å². The van der Waals surface area contributed by atoms with E-state index in [-0.39, 0.29) is 5.91 Å². The van der Waals surface area contributed by atoms with E-state index in [4.69, 9.17) is 16.3 Å². The van der Waals surface area contributed by atoms with Crippen molar-refractivity contribution in [2.24, 2.45) is 0 Å². The van der Waals surface area contributed by atoms with E-state index in [1.807, 2.05) is 19.2 Å². The largest absolute Gasteiger partial charge is 0.496 e. The lowest BCUT2D eigenvalue weighted by molar-refractivity contribution is -0.131. The number of carbonyl (C=O) groups excluding carboxylic acids is 1. The number of halogens is 1. The summed E-state index contributed by atoms with van der Waals surface area (Å²) in [4.78, 5) is 16.5. The second-order valence-corrected chi connectivity index (χ2v) is 6.48. The molecule has 0 radical (unpaired) electrons. The lowest BCUT2D eigenvalue weighted by Gasteiger charge is -2.33. The average Bonchev–Trinajstić information content (AvgIpc) is 2.49. The molecule has 0 saturated carbocycles. The van der Waals surface area contributed by atoms with Gasteiger partial charge in [-0.15, -0.1) is 0 Å². The molecule has 1 fully saturated rings.